The van der Waals surface area contributed by atoms with Crippen LogP contribution in [0.25, 0.3) is 11.3 Å². The zero-order chi connectivity index (χ0) is 15.4. The maximum atomic E-state index is 11.6. The van der Waals surface area contributed by atoms with Gasteiger partial charge in [0, 0.05) is 10.6 Å². The monoisotopic (exact) mass is 308 g/mol. The van der Waals surface area contributed by atoms with Crippen molar-refractivity contribution in [1.29, 1.82) is 0 Å². The number of nitrogens with zero attached hydrogens (tertiary/aromatic N) is 1. The summed E-state index contributed by atoms with van der Waals surface area (Å²) in [6.45, 7) is 3.63. The zero-order valence-electron chi connectivity index (χ0n) is 11.8. The Labute approximate surface area is 127 Å². The van der Waals surface area contributed by atoms with Crippen molar-refractivity contribution in [3.05, 3.63) is 41.0 Å². The van der Waals surface area contributed by atoms with Gasteiger partial charge in [-0.05, 0) is 32.0 Å². The third kappa shape index (κ3) is 3.62. The van der Waals surface area contributed by atoms with Crippen molar-refractivity contribution in [3.63, 3.8) is 0 Å². The molecule has 21 heavy (non-hydrogen) atoms. The number of benzene rings is 1. The molecule has 0 aliphatic carbocycles. The van der Waals surface area contributed by atoms with Gasteiger partial charge in [0.25, 0.3) is 0 Å². The molecule has 0 saturated carbocycles. The third-order valence-electron chi connectivity index (χ3n) is 3.19. The summed E-state index contributed by atoms with van der Waals surface area (Å²) in [5, 5.41) is 17.7. The number of aromatic amines is 1. The first-order chi connectivity index (χ1) is 10.0. The smallest absolute Gasteiger partial charge is 0.311 e. The third-order valence-corrected chi connectivity index (χ3v) is 3.44. The Bertz CT molecular complexity index is 610. The SMILES string of the molecule is CCOC(=O)[C@H](C)[C@H](O)c1cc(-c2ccc(Cl)cc2)n[nH]1. The summed E-state index contributed by atoms with van der Waals surface area (Å²) in [6.07, 6.45) is -0.988. The minimum Gasteiger partial charge on any atom is -0.466 e. The maximum absolute atomic E-state index is 11.6. The van der Waals surface area contributed by atoms with Gasteiger partial charge in [0.1, 0.15) is 6.10 Å². The molecule has 0 saturated heterocycles. The van der Waals surface area contributed by atoms with Gasteiger partial charge >= 0.3 is 5.97 Å². The Balaban J connectivity index is 2.15. The quantitative estimate of drug-likeness (QED) is 0.833. The van der Waals surface area contributed by atoms with Gasteiger partial charge in [-0.1, -0.05) is 23.7 Å². The maximum Gasteiger partial charge on any atom is 0.311 e. The van der Waals surface area contributed by atoms with E-state index in [4.69, 9.17) is 16.3 Å². The number of aliphatic hydroxyl groups excluding tert-OH is 1. The molecular formula is C15H17ClN2O3. The molecule has 112 valence electrons. The highest BCUT2D eigenvalue weighted by Gasteiger charge is 2.26. The fraction of sp³-hybridized carbons (Fsp3) is 0.333. The minimum absolute atomic E-state index is 0.287. The van der Waals surface area contributed by atoms with Gasteiger partial charge in [-0.15, -0.1) is 0 Å². The Hall–Kier alpha value is -1.85. The topological polar surface area (TPSA) is 75.2 Å². The highest BCUT2D eigenvalue weighted by atomic mass is 35.5. The molecule has 0 unspecified atom stereocenters. The lowest BCUT2D eigenvalue weighted by atomic mass is 10.0. The van der Waals surface area contributed by atoms with Gasteiger partial charge < -0.3 is 9.84 Å². The highest BCUT2D eigenvalue weighted by molar-refractivity contribution is 6.30. The number of carbonyl (C=O) groups is 1. The normalized spacial score (nSPS) is 13.7. The van der Waals surface area contributed by atoms with Gasteiger partial charge in [-0.25, -0.2) is 0 Å². The lowest BCUT2D eigenvalue weighted by Crippen LogP contribution is -2.22. The number of halogens is 1. The number of ether oxygens (including phenoxy) is 1. The minimum atomic E-state index is -0.988. The fourth-order valence-corrected chi connectivity index (χ4v) is 2.05. The summed E-state index contributed by atoms with van der Waals surface area (Å²) < 4.78 is 4.90. The first-order valence-corrected chi connectivity index (χ1v) is 7.06. The van der Waals surface area contributed by atoms with Crippen LogP contribution in [0.4, 0.5) is 0 Å². The number of rotatable bonds is 5. The van der Waals surface area contributed by atoms with E-state index in [1.165, 1.54) is 0 Å². The van der Waals surface area contributed by atoms with Crippen molar-refractivity contribution < 1.29 is 14.6 Å². The van der Waals surface area contributed by atoms with Crippen LogP contribution in [-0.2, 0) is 9.53 Å². The summed E-state index contributed by atoms with van der Waals surface area (Å²) in [6, 6.07) is 8.92. The summed E-state index contributed by atoms with van der Waals surface area (Å²) in [5.74, 6) is -1.10. The molecule has 0 fully saturated rings. The van der Waals surface area contributed by atoms with Crippen LogP contribution in [0.2, 0.25) is 5.02 Å². The lowest BCUT2D eigenvalue weighted by molar-refractivity contribution is -0.151. The molecule has 2 aromatic rings. The second-order valence-electron chi connectivity index (χ2n) is 4.70. The van der Waals surface area contributed by atoms with E-state index >= 15 is 0 Å². The number of carbonyl (C=O) groups excluding carboxylic acids is 1. The fourth-order valence-electron chi connectivity index (χ4n) is 1.93. The van der Waals surface area contributed by atoms with Crippen LogP contribution in [0, 0.1) is 5.92 Å². The van der Waals surface area contributed by atoms with E-state index in [2.05, 4.69) is 10.2 Å². The van der Waals surface area contributed by atoms with Crippen molar-refractivity contribution in [1.82, 2.24) is 10.2 Å². The first kappa shape index (κ1) is 15.5. The lowest BCUT2D eigenvalue weighted by Gasteiger charge is -2.15. The molecule has 0 aliphatic rings. The van der Waals surface area contributed by atoms with Crippen molar-refractivity contribution >= 4 is 17.6 Å². The summed E-state index contributed by atoms with van der Waals surface area (Å²) >= 11 is 5.84. The Kier molecular flexibility index (Phi) is 4.98. The summed E-state index contributed by atoms with van der Waals surface area (Å²) in [5.41, 5.74) is 2.02. The van der Waals surface area contributed by atoms with Crippen LogP contribution in [-0.4, -0.2) is 27.9 Å². The van der Waals surface area contributed by atoms with Crippen LogP contribution < -0.4 is 0 Å². The number of hydrogen-bond donors (Lipinski definition) is 2. The van der Waals surface area contributed by atoms with Crippen molar-refractivity contribution in [2.75, 3.05) is 6.61 Å². The molecule has 0 bridgehead atoms. The largest absolute Gasteiger partial charge is 0.466 e. The predicted molar refractivity (Wildman–Crippen MR) is 79.8 cm³/mol. The molecule has 2 N–H and O–H groups in total. The van der Waals surface area contributed by atoms with E-state index in [9.17, 15) is 9.90 Å². The van der Waals surface area contributed by atoms with Gasteiger partial charge in [0.15, 0.2) is 0 Å². The standard InChI is InChI=1S/C15H17ClN2O3/c1-3-21-15(20)9(2)14(19)13-8-12(17-18-13)10-4-6-11(16)7-5-10/h4-9,14,19H,3H2,1-2H3,(H,17,18)/t9-,14+/m1/s1. The Morgan fingerprint density at radius 1 is 1.43 bits per heavy atom. The first-order valence-electron chi connectivity index (χ1n) is 6.69. The number of hydrogen-bond acceptors (Lipinski definition) is 4. The molecule has 5 nitrogen and oxygen atoms in total. The molecule has 1 aromatic carbocycles. The van der Waals surface area contributed by atoms with Crippen LogP contribution in [0.1, 0.15) is 25.6 Å². The molecule has 2 rings (SSSR count). The Morgan fingerprint density at radius 2 is 2.10 bits per heavy atom. The van der Waals surface area contributed by atoms with Crippen LogP contribution >= 0.6 is 11.6 Å². The molecule has 2 atom stereocenters. The molecule has 1 heterocycles. The molecular weight excluding hydrogens is 292 g/mol. The second-order valence-corrected chi connectivity index (χ2v) is 5.14. The van der Waals surface area contributed by atoms with Crippen LogP contribution in [0.3, 0.4) is 0 Å². The van der Waals surface area contributed by atoms with E-state index in [0.717, 1.165) is 5.56 Å². The molecule has 0 radical (unpaired) electrons. The van der Waals surface area contributed by atoms with Crippen molar-refractivity contribution in [3.8, 4) is 11.3 Å². The van der Waals surface area contributed by atoms with E-state index in [0.29, 0.717) is 16.4 Å². The molecule has 0 amide bonds. The van der Waals surface area contributed by atoms with Gasteiger partial charge in [-0.3, -0.25) is 9.89 Å². The number of H-pyrrole nitrogens is 1. The molecule has 6 heteroatoms. The molecule has 1 aromatic heterocycles. The highest BCUT2D eigenvalue weighted by Crippen LogP contribution is 2.26. The molecule has 0 aliphatic heterocycles. The zero-order valence-corrected chi connectivity index (χ0v) is 12.6. The number of nitrogens with one attached hydrogen (secondary N) is 1. The van der Waals surface area contributed by atoms with E-state index in [1.807, 2.05) is 12.1 Å². The second kappa shape index (κ2) is 6.74. The van der Waals surface area contributed by atoms with Crippen molar-refractivity contribution in [2.24, 2.45) is 5.92 Å². The van der Waals surface area contributed by atoms with Gasteiger partial charge in [0.05, 0.1) is 23.9 Å². The molecule has 0 spiro atoms. The summed E-state index contributed by atoms with van der Waals surface area (Å²) in [7, 11) is 0. The van der Waals surface area contributed by atoms with Crippen molar-refractivity contribution in [2.45, 2.75) is 20.0 Å². The number of esters is 1. The van der Waals surface area contributed by atoms with E-state index in [-0.39, 0.29) is 6.61 Å². The average Bonchev–Trinajstić information content (AvgIpc) is 2.96. The average molecular weight is 309 g/mol. The number of aliphatic hydroxyl groups is 1. The van der Waals surface area contributed by atoms with Crippen LogP contribution in [0.15, 0.2) is 30.3 Å². The van der Waals surface area contributed by atoms with E-state index in [1.54, 1.807) is 32.0 Å². The Morgan fingerprint density at radius 3 is 2.71 bits per heavy atom. The van der Waals surface area contributed by atoms with Gasteiger partial charge in [-0.2, -0.15) is 5.10 Å². The summed E-state index contributed by atoms with van der Waals surface area (Å²) in [4.78, 5) is 11.6. The van der Waals surface area contributed by atoms with E-state index < -0.39 is 18.0 Å². The number of aromatic nitrogens is 2. The van der Waals surface area contributed by atoms with Gasteiger partial charge in [0.2, 0.25) is 0 Å². The predicted octanol–water partition coefficient (Wildman–Crippen LogP) is 2.96. The van der Waals surface area contributed by atoms with Crippen LogP contribution in [0.5, 0.6) is 0 Å².